The second kappa shape index (κ2) is 4.49. The van der Waals surface area contributed by atoms with Gasteiger partial charge in [0.2, 0.25) is 0 Å². The van der Waals surface area contributed by atoms with Crippen molar-refractivity contribution in [3.8, 4) is 0 Å². The molecule has 0 amide bonds. The van der Waals surface area contributed by atoms with Crippen molar-refractivity contribution in [3.63, 3.8) is 0 Å². The van der Waals surface area contributed by atoms with Crippen molar-refractivity contribution in [2.24, 2.45) is 5.73 Å². The molecule has 0 saturated carbocycles. The molecule has 0 aliphatic carbocycles. The third-order valence-corrected chi connectivity index (χ3v) is 2.47. The Morgan fingerprint density at radius 2 is 2.44 bits per heavy atom. The molecule has 86 valence electrons. The number of nitrogens with zero attached hydrogens (tertiary/aromatic N) is 2. The lowest BCUT2D eigenvalue weighted by atomic mass is 10.2. The highest BCUT2D eigenvalue weighted by atomic mass is 16.4. The van der Waals surface area contributed by atoms with E-state index in [0.29, 0.717) is 17.8 Å². The summed E-state index contributed by atoms with van der Waals surface area (Å²) >= 11 is 0. The van der Waals surface area contributed by atoms with Crippen LogP contribution in [-0.2, 0) is 6.54 Å². The fourth-order valence-electron chi connectivity index (χ4n) is 1.67. The minimum Gasteiger partial charge on any atom is -0.406 e. The summed E-state index contributed by atoms with van der Waals surface area (Å²) in [4.78, 5) is 15.7. The minimum atomic E-state index is -0.349. The SMILES string of the molecule is CC(N)CCCn1c(=O)oc2cccnc21. The van der Waals surface area contributed by atoms with E-state index in [2.05, 4.69) is 4.98 Å². The number of pyridine rings is 1. The fourth-order valence-corrected chi connectivity index (χ4v) is 1.67. The van der Waals surface area contributed by atoms with Gasteiger partial charge in [0.1, 0.15) is 0 Å². The molecule has 0 radical (unpaired) electrons. The van der Waals surface area contributed by atoms with E-state index >= 15 is 0 Å². The molecule has 0 aliphatic heterocycles. The molecule has 1 atom stereocenters. The molecule has 2 heterocycles. The standard InChI is InChI=1S/C11H15N3O2/c1-8(12)4-3-7-14-10-9(16-11(14)15)5-2-6-13-10/h2,5-6,8H,3-4,7,12H2,1H3. The van der Waals surface area contributed by atoms with Gasteiger partial charge in [0, 0.05) is 18.8 Å². The highest BCUT2D eigenvalue weighted by Crippen LogP contribution is 2.09. The fraction of sp³-hybridized carbons (Fsp3) is 0.455. The molecule has 0 bridgehead atoms. The maximum absolute atomic E-state index is 11.5. The first-order chi connectivity index (χ1) is 7.68. The molecule has 0 fully saturated rings. The lowest BCUT2D eigenvalue weighted by molar-refractivity contribution is 0.483. The number of oxazole rings is 1. The summed E-state index contributed by atoms with van der Waals surface area (Å²) in [6, 6.07) is 3.64. The molecular weight excluding hydrogens is 206 g/mol. The quantitative estimate of drug-likeness (QED) is 0.839. The van der Waals surface area contributed by atoms with E-state index < -0.39 is 0 Å². The molecule has 5 nitrogen and oxygen atoms in total. The molecule has 2 N–H and O–H groups in total. The van der Waals surface area contributed by atoms with Crippen LogP contribution in [0, 0.1) is 0 Å². The molecule has 16 heavy (non-hydrogen) atoms. The minimum absolute atomic E-state index is 0.154. The van der Waals surface area contributed by atoms with Crippen molar-refractivity contribution in [1.29, 1.82) is 0 Å². The zero-order chi connectivity index (χ0) is 11.5. The van der Waals surface area contributed by atoms with E-state index in [-0.39, 0.29) is 11.8 Å². The van der Waals surface area contributed by atoms with E-state index in [9.17, 15) is 4.79 Å². The third-order valence-electron chi connectivity index (χ3n) is 2.47. The van der Waals surface area contributed by atoms with Crippen LogP contribution in [0.5, 0.6) is 0 Å². The predicted molar refractivity (Wildman–Crippen MR) is 61.2 cm³/mol. The Hall–Kier alpha value is -1.62. The van der Waals surface area contributed by atoms with Crippen molar-refractivity contribution in [2.45, 2.75) is 32.4 Å². The molecule has 5 heteroatoms. The molecule has 0 aromatic carbocycles. The largest absolute Gasteiger partial charge is 0.421 e. The van der Waals surface area contributed by atoms with Gasteiger partial charge in [-0.05, 0) is 31.9 Å². The van der Waals surface area contributed by atoms with Crippen molar-refractivity contribution in [3.05, 3.63) is 28.9 Å². The number of hydrogen-bond donors (Lipinski definition) is 1. The molecule has 2 aromatic rings. The van der Waals surface area contributed by atoms with Gasteiger partial charge >= 0.3 is 5.76 Å². The average molecular weight is 221 g/mol. The Kier molecular flexibility index (Phi) is 3.05. The van der Waals surface area contributed by atoms with Crippen molar-refractivity contribution in [1.82, 2.24) is 9.55 Å². The topological polar surface area (TPSA) is 74.0 Å². The first-order valence-electron chi connectivity index (χ1n) is 5.38. The van der Waals surface area contributed by atoms with E-state index in [1.807, 2.05) is 6.92 Å². The first-order valence-corrected chi connectivity index (χ1v) is 5.38. The molecule has 2 rings (SSSR count). The van der Waals surface area contributed by atoms with Crippen molar-refractivity contribution in [2.75, 3.05) is 0 Å². The van der Waals surface area contributed by atoms with Gasteiger partial charge in [0.05, 0.1) is 0 Å². The molecule has 0 saturated heterocycles. The summed E-state index contributed by atoms with van der Waals surface area (Å²) in [5.41, 5.74) is 6.80. The molecule has 2 aromatic heterocycles. The van der Waals surface area contributed by atoms with Crippen LogP contribution in [0.3, 0.4) is 0 Å². The predicted octanol–water partition coefficient (Wildman–Crippen LogP) is 1.12. The average Bonchev–Trinajstić information content (AvgIpc) is 2.55. The summed E-state index contributed by atoms with van der Waals surface area (Å²) in [5.74, 6) is -0.349. The molecule has 0 spiro atoms. The summed E-state index contributed by atoms with van der Waals surface area (Å²) in [6.07, 6.45) is 3.38. The number of aromatic nitrogens is 2. The molecule has 0 aliphatic rings. The van der Waals surface area contributed by atoms with Crippen molar-refractivity contribution >= 4 is 11.2 Å². The van der Waals surface area contributed by atoms with Gasteiger partial charge in [0.25, 0.3) is 0 Å². The third kappa shape index (κ3) is 2.14. The number of rotatable bonds is 4. The van der Waals surface area contributed by atoms with Gasteiger partial charge in [-0.2, -0.15) is 0 Å². The normalized spacial score (nSPS) is 13.1. The number of aryl methyl sites for hydroxylation is 1. The summed E-state index contributed by atoms with van der Waals surface area (Å²) in [5, 5.41) is 0. The zero-order valence-electron chi connectivity index (χ0n) is 9.22. The van der Waals surface area contributed by atoms with Crippen LogP contribution in [0.2, 0.25) is 0 Å². The van der Waals surface area contributed by atoms with Crippen molar-refractivity contribution < 1.29 is 4.42 Å². The smallest absolute Gasteiger partial charge is 0.406 e. The van der Waals surface area contributed by atoms with Gasteiger partial charge in [-0.3, -0.25) is 4.57 Å². The van der Waals surface area contributed by atoms with Crippen LogP contribution in [0.25, 0.3) is 11.2 Å². The summed E-state index contributed by atoms with van der Waals surface area (Å²) in [6.45, 7) is 2.55. The second-order valence-electron chi connectivity index (χ2n) is 3.96. The zero-order valence-corrected chi connectivity index (χ0v) is 9.22. The van der Waals surface area contributed by atoms with Gasteiger partial charge in [-0.15, -0.1) is 0 Å². The van der Waals surface area contributed by atoms with Crippen LogP contribution in [0.1, 0.15) is 19.8 Å². The Balaban J connectivity index is 2.23. The van der Waals surface area contributed by atoms with Gasteiger partial charge in [-0.1, -0.05) is 0 Å². The highest BCUT2D eigenvalue weighted by Gasteiger charge is 2.09. The van der Waals surface area contributed by atoms with Gasteiger partial charge < -0.3 is 10.2 Å². The van der Waals surface area contributed by atoms with Gasteiger partial charge in [-0.25, -0.2) is 9.78 Å². The number of hydrogen-bond acceptors (Lipinski definition) is 4. The van der Waals surface area contributed by atoms with E-state index in [4.69, 9.17) is 10.2 Å². The van der Waals surface area contributed by atoms with Crippen LogP contribution >= 0.6 is 0 Å². The Morgan fingerprint density at radius 1 is 1.62 bits per heavy atom. The van der Waals surface area contributed by atoms with Gasteiger partial charge in [0.15, 0.2) is 11.2 Å². The maximum atomic E-state index is 11.5. The van der Waals surface area contributed by atoms with Crippen LogP contribution in [0.4, 0.5) is 0 Å². The number of fused-ring (bicyclic) bond motifs is 1. The number of nitrogens with two attached hydrogens (primary N) is 1. The lowest BCUT2D eigenvalue weighted by Gasteiger charge is -2.04. The lowest BCUT2D eigenvalue weighted by Crippen LogP contribution is -2.18. The highest BCUT2D eigenvalue weighted by molar-refractivity contribution is 5.67. The summed E-state index contributed by atoms with van der Waals surface area (Å²) in [7, 11) is 0. The van der Waals surface area contributed by atoms with E-state index in [1.165, 1.54) is 0 Å². The van der Waals surface area contributed by atoms with Crippen LogP contribution in [-0.4, -0.2) is 15.6 Å². The first kappa shape index (κ1) is 10.9. The van der Waals surface area contributed by atoms with Crippen LogP contribution < -0.4 is 11.5 Å². The molecular formula is C11H15N3O2. The second-order valence-corrected chi connectivity index (χ2v) is 3.96. The Morgan fingerprint density at radius 3 is 3.19 bits per heavy atom. The Bertz CT molecular complexity index is 527. The van der Waals surface area contributed by atoms with E-state index in [1.54, 1.807) is 22.9 Å². The molecule has 1 unspecified atom stereocenters. The van der Waals surface area contributed by atoms with E-state index in [0.717, 1.165) is 12.8 Å². The van der Waals surface area contributed by atoms with Crippen LogP contribution in [0.15, 0.2) is 27.5 Å². The maximum Gasteiger partial charge on any atom is 0.421 e. The summed E-state index contributed by atoms with van der Waals surface area (Å²) < 4.78 is 6.62. The monoisotopic (exact) mass is 221 g/mol. The Labute approximate surface area is 92.9 Å².